The van der Waals surface area contributed by atoms with E-state index in [4.69, 9.17) is 9.47 Å². The zero-order chi connectivity index (χ0) is 13.7. The van der Waals surface area contributed by atoms with Gasteiger partial charge in [-0.15, -0.1) is 0 Å². The largest absolute Gasteiger partial charge is 0.491 e. The van der Waals surface area contributed by atoms with Crippen LogP contribution in [0, 0.1) is 0 Å². The standard InChI is InChI=1S/C15H24O3/c1-6-14(16)13-9-12(17-10(2)3)7-8-15(13)18-11(4)5/h7-11,14,16H,6H2,1-5H3. The lowest BCUT2D eigenvalue weighted by Gasteiger charge is -2.19. The molecule has 0 aliphatic carbocycles. The molecule has 102 valence electrons. The highest BCUT2D eigenvalue weighted by Gasteiger charge is 2.14. The fourth-order valence-electron chi connectivity index (χ4n) is 1.71. The number of aliphatic hydroxyl groups excluding tert-OH is 1. The van der Waals surface area contributed by atoms with Gasteiger partial charge in [0, 0.05) is 5.56 Å². The van der Waals surface area contributed by atoms with Gasteiger partial charge in [-0.2, -0.15) is 0 Å². The Labute approximate surface area is 110 Å². The summed E-state index contributed by atoms with van der Waals surface area (Å²) in [4.78, 5) is 0. The van der Waals surface area contributed by atoms with E-state index in [0.29, 0.717) is 6.42 Å². The van der Waals surface area contributed by atoms with Gasteiger partial charge in [-0.25, -0.2) is 0 Å². The van der Waals surface area contributed by atoms with Crippen molar-refractivity contribution >= 4 is 0 Å². The molecule has 1 rings (SSSR count). The van der Waals surface area contributed by atoms with E-state index in [-0.39, 0.29) is 12.2 Å². The second-order valence-corrected chi connectivity index (χ2v) is 4.96. The van der Waals surface area contributed by atoms with Gasteiger partial charge in [0.05, 0.1) is 18.3 Å². The maximum absolute atomic E-state index is 10.0. The molecule has 0 aliphatic heterocycles. The van der Waals surface area contributed by atoms with Crippen molar-refractivity contribution in [2.24, 2.45) is 0 Å². The van der Waals surface area contributed by atoms with Crippen molar-refractivity contribution in [1.82, 2.24) is 0 Å². The summed E-state index contributed by atoms with van der Waals surface area (Å²) in [6.07, 6.45) is 0.340. The lowest BCUT2D eigenvalue weighted by atomic mass is 10.1. The van der Waals surface area contributed by atoms with E-state index in [0.717, 1.165) is 17.1 Å². The SMILES string of the molecule is CCC(O)c1cc(OC(C)C)ccc1OC(C)C. The number of hydrogen-bond acceptors (Lipinski definition) is 3. The average Bonchev–Trinajstić information content (AvgIpc) is 2.28. The van der Waals surface area contributed by atoms with Gasteiger partial charge in [-0.1, -0.05) is 6.92 Å². The minimum Gasteiger partial charge on any atom is -0.491 e. The second-order valence-electron chi connectivity index (χ2n) is 4.96. The van der Waals surface area contributed by atoms with E-state index in [1.807, 2.05) is 52.8 Å². The van der Waals surface area contributed by atoms with Gasteiger partial charge < -0.3 is 14.6 Å². The normalized spacial score (nSPS) is 12.9. The molecule has 0 heterocycles. The fourth-order valence-corrected chi connectivity index (χ4v) is 1.71. The van der Waals surface area contributed by atoms with E-state index in [1.54, 1.807) is 0 Å². The Balaban J connectivity index is 3.03. The minimum atomic E-state index is -0.519. The molecule has 0 amide bonds. The van der Waals surface area contributed by atoms with Gasteiger partial charge in [-0.05, 0) is 52.3 Å². The number of aliphatic hydroxyl groups is 1. The van der Waals surface area contributed by atoms with Crippen molar-refractivity contribution in [1.29, 1.82) is 0 Å². The Hall–Kier alpha value is -1.22. The average molecular weight is 252 g/mol. The quantitative estimate of drug-likeness (QED) is 0.839. The molecule has 1 N–H and O–H groups in total. The molecule has 1 aromatic carbocycles. The van der Waals surface area contributed by atoms with E-state index >= 15 is 0 Å². The predicted molar refractivity (Wildman–Crippen MR) is 73.2 cm³/mol. The molecule has 1 unspecified atom stereocenters. The van der Waals surface area contributed by atoms with Crippen LogP contribution < -0.4 is 9.47 Å². The van der Waals surface area contributed by atoms with E-state index in [2.05, 4.69) is 0 Å². The second kappa shape index (κ2) is 6.64. The van der Waals surface area contributed by atoms with E-state index < -0.39 is 6.10 Å². The van der Waals surface area contributed by atoms with Crippen LogP contribution in [0.2, 0.25) is 0 Å². The summed E-state index contributed by atoms with van der Waals surface area (Å²) < 4.78 is 11.4. The van der Waals surface area contributed by atoms with Crippen LogP contribution in [-0.4, -0.2) is 17.3 Å². The first kappa shape index (κ1) is 14.8. The number of benzene rings is 1. The van der Waals surface area contributed by atoms with Crippen LogP contribution >= 0.6 is 0 Å². The monoisotopic (exact) mass is 252 g/mol. The van der Waals surface area contributed by atoms with Gasteiger partial charge in [0.1, 0.15) is 11.5 Å². The Bertz CT molecular complexity index is 372. The van der Waals surface area contributed by atoms with Gasteiger partial charge >= 0.3 is 0 Å². The van der Waals surface area contributed by atoms with Crippen LogP contribution in [0.3, 0.4) is 0 Å². The van der Waals surface area contributed by atoms with Crippen LogP contribution in [0.1, 0.15) is 52.7 Å². The molecule has 3 nitrogen and oxygen atoms in total. The van der Waals surface area contributed by atoms with Crippen molar-refractivity contribution in [3.05, 3.63) is 23.8 Å². The van der Waals surface area contributed by atoms with Crippen molar-refractivity contribution in [3.63, 3.8) is 0 Å². The van der Waals surface area contributed by atoms with Gasteiger partial charge in [0.15, 0.2) is 0 Å². The Morgan fingerprint density at radius 3 is 2.17 bits per heavy atom. The summed E-state index contributed by atoms with van der Waals surface area (Å²) in [5.74, 6) is 1.50. The molecule has 0 aliphatic rings. The van der Waals surface area contributed by atoms with E-state index in [9.17, 15) is 5.11 Å². The molecule has 0 saturated carbocycles. The summed E-state index contributed by atoms with van der Waals surface area (Å²) in [6, 6.07) is 5.61. The van der Waals surface area contributed by atoms with E-state index in [1.165, 1.54) is 0 Å². The summed E-state index contributed by atoms with van der Waals surface area (Å²) in [7, 11) is 0. The van der Waals surface area contributed by atoms with Crippen molar-refractivity contribution in [2.75, 3.05) is 0 Å². The minimum absolute atomic E-state index is 0.0877. The Kier molecular flexibility index (Phi) is 5.48. The van der Waals surface area contributed by atoms with Gasteiger partial charge in [0.25, 0.3) is 0 Å². The fraction of sp³-hybridized carbons (Fsp3) is 0.600. The maximum Gasteiger partial charge on any atom is 0.125 e. The number of rotatable bonds is 6. The lowest BCUT2D eigenvalue weighted by molar-refractivity contribution is 0.160. The molecule has 3 heteroatoms. The van der Waals surface area contributed by atoms with Crippen LogP contribution in [-0.2, 0) is 0 Å². The molecule has 1 atom stereocenters. The topological polar surface area (TPSA) is 38.7 Å². The maximum atomic E-state index is 10.0. The summed E-state index contributed by atoms with van der Waals surface area (Å²) in [5, 5.41) is 10.0. The Morgan fingerprint density at radius 2 is 1.67 bits per heavy atom. The zero-order valence-electron chi connectivity index (χ0n) is 11.9. The molecular weight excluding hydrogens is 228 g/mol. The molecule has 0 spiro atoms. The lowest BCUT2D eigenvalue weighted by Crippen LogP contribution is -2.10. The van der Waals surface area contributed by atoms with Crippen LogP contribution in [0.25, 0.3) is 0 Å². The van der Waals surface area contributed by atoms with Crippen LogP contribution in [0.5, 0.6) is 11.5 Å². The van der Waals surface area contributed by atoms with Crippen molar-refractivity contribution in [3.8, 4) is 11.5 Å². The van der Waals surface area contributed by atoms with Gasteiger partial charge in [-0.3, -0.25) is 0 Å². The highest BCUT2D eigenvalue weighted by Crippen LogP contribution is 2.32. The highest BCUT2D eigenvalue weighted by atomic mass is 16.5. The molecule has 0 fully saturated rings. The predicted octanol–water partition coefficient (Wildman–Crippen LogP) is 3.70. The molecule has 0 bridgehead atoms. The first-order chi connectivity index (χ1) is 8.43. The Morgan fingerprint density at radius 1 is 1.06 bits per heavy atom. The third-order valence-electron chi connectivity index (χ3n) is 2.46. The van der Waals surface area contributed by atoms with Crippen molar-refractivity contribution in [2.45, 2.75) is 59.4 Å². The molecule has 18 heavy (non-hydrogen) atoms. The smallest absolute Gasteiger partial charge is 0.125 e. The summed E-state index contributed by atoms with van der Waals surface area (Å²) >= 11 is 0. The first-order valence-electron chi connectivity index (χ1n) is 6.59. The molecule has 0 radical (unpaired) electrons. The number of hydrogen-bond donors (Lipinski definition) is 1. The highest BCUT2D eigenvalue weighted by molar-refractivity contribution is 5.41. The molecule has 1 aromatic rings. The third-order valence-corrected chi connectivity index (χ3v) is 2.46. The first-order valence-corrected chi connectivity index (χ1v) is 6.59. The van der Waals surface area contributed by atoms with Gasteiger partial charge in [0.2, 0.25) is 0 Å². The summed E-state index contributed by atoms with van der Waals surface area (Å²) in [6.45, 7) is 9.85. The summed E-state index contributed by atoms with van der Waals surface area (Å²) in [5.41, 5.74) is 0.796. The van der Waals surface area contributed by atoms with Crippen LogP contribution in [0.4, 0.5) is 0 Å². The number of ether oxygens (including phenoxy) is 2. The molecule has 0 aromatic heterocycles. The zero-order valence-corrected chi connectivity index (χ0v) is 11.9. The van der Waals surface area contributed by atoms with Crippen molar-refractivity contribution < 1.29 is 14.6 Å². The molecule has 0 saturated heterocycles. The van der Waals surface area contributed by atoms with Crippen LogP contribution in [0.15, 0.2) is 18.2 Å². The molecular formula is C15H24O3. The third kappa shape index (κ3) is 4.22.